The van der Waals surface area contributed by atoms with Gasteiger partial charge in [-0.2, -0.15) is 5.26 Å². The Morgan fingerprint density at radius 2 is 2.14 bits per heavy atom. The van der Waals surface area contributed by atoms with Gasteiger partial charge in [0.05, 0.1) is 11.5 Å². The van der Waals surface area contributed by atoms with Gasteiger partial charge >= 0.3 is 0 Å². The Morgan fingerprint density at radius 3 is 2.86 bits per heavy atom. The number of aromatic nitrogens is 3. The summed E-state index contributed by atoms with van der Waals surface area (Å²) in [6.07, 6.45) is 6.03. The number of ether oxygens (including phenoxy) is 1. The summed E-state index contributed by atoms with van der Waals surface area (Å²) in [7, 11) is 0. The first-order valence-corrected chi connectivity index (χ1v) is 7.02. The van der Waals surface area contributed by atoms with E-state index in [-0.39, 0.29) is 18.9 Å². The van der Waals surface area contributed by atoms with Crippen molar-refractivity contribution in [1.82, 2.24) is 15.0 Å². The number of nitrogens with one attached hydrogen (secondary N) is 1. The van der Waals surface area contributed by atoms with Crippen LogP contribution in [0.15, 0.2) is 18.6 Å². The first kappa shape index (κ1) is 14.4. The molecule has 5 nitrogen and oxygen atoms in total. The molecule has 0 atom stereocenters. The molecule has 22 heavy (non-hydrogen) atoms. The first-order chi connectivity index (χ1) is 10.6. The number of halogens is 2. The van der Waals surface area contributed by atoms with Crippen LogP contribution in [0.5, 0.6) is 5.88 Å². The summed E-state index contributed by atoms with van der Waals surface area (Å²) in [5, 5.41) is 9.29. The highest BCUT2D eigenvalue weighted by Gasteiger charge is 2.36. The molecule has 0 spiro atoms. The smallest absolute Gasteiger partial charge is 0.248 e. The summed E-state index contributed by atoms with van der Waals surface area (Å²) < 4.78 is 32.2. The molecular formula is C15H14F2N4O. The molecule has 1 saturated carbocycles. The molecule has 1 fully saturated rings. The highest BCUT2D eigenvalue weighted by Crippen LogP contribution is 2.36. The molecule has 0 saturated heterocycles. The van der Waals surface area contributed by atoms with Crippen LogP contribution in [0, 0.1) is 11.3 Å². The number of allylic oxidation sites excluding steroid dienone is 1. The molecule has 0 aliphatic heterocycles. The quantitative estimate of drug-likeness (QED) is 0.881. The second-order valence-electron chi connectivity index (χ2n) is 5.28. The number of H-pyrrole nitrogens is 1. The van der Waals surface area contributed by atoms with Gasteiger partial charge in [0.15, 0.2) is 0 Å². The lowest BCUT2D eigenvalue weighted by molar-refractivity contribution is -0.0586. The molecule has 2 aromatic heterocycles. The Labute approximate surface area is 125 Å². The summed E-state index contributed by atoms with van der Waals surface area (Å²) in [6, 6.07) is 1.92. The molecule has 1 aliphatic rings. The van der Waals surface area contributed by atoms with E-state index in [4.69, 9.17) is 10.00 Å². The highest BCUT2D eigenvalue weighted by atomic mass is 19.3. The van der Waals surface area contributed by atoms with Crippen molar-refractivity contribution >= 4 is 17.1 Å². The summed E-state index contributed by atoms with van der Waals surface area (Å²) in [5.41, 5.74) is 1.32. The van der Waals surface area contributed by atoms with E-state index in [1.807, 2.05) is 6.07 Å². The molecule has 0 radical (unpaired) electrons. The van der Waals surface area contributed by atoms with Gasteiger partial charge in [-0.15, -0.1) is 0 Å². The van der Waals surface area contributed by atoms with E-state index in [1.54, 1.807) is 12.3 Å². The Morgan fingerprint density at radius 1 is 1.36 bits per heavy atom. The molecular weight excluding hydrogens is 290 g/mol. The number of hydrogen-bond acceptors (Lipinski definition) is 4. The summed E-state index contributed by atoms with van der Waals surface area (Å²) >= 11 is 0. The minimum Gasteiger partial charge on any atom is -0.474 e. The van der Waals surface area contributed by atoms with Crippen molar-refractivity contribution in [2.45, 2.75) is 37.7 Å². The maximum absolute atomic E-state index is 13.2. The van der Waals surface area contributed by atoms with E-state index in [2.05, 4.69) is 15.0 Å². The minimum atomic E-state index is -2.59. The topological polar surface area (TPSA) is 74.6 Å². The van der Waals surface area contributed by atoms with Crippen LogP contribution in [0.2, 0.25) is 0 Å². The fourth-order valence-corrected chi connectivity index (χ4v) is 2.59. The largest absolute Gasteiger partial charge is 0.474 e. The lowest BCUT2D eigenvalue weighted by Gasteiger charge is -2.28. The van der Waals surface area contributed by atoms with Crippen molar-refractivity contribution in [3.63, 3.8) is 0 Å². The third-order valence-electron chi connectivity index (χ3n) is 3.75. The van der Waals surface area contributed by atoms with Crippen molar-refractivity contribution in [3.8, 4) is 11.9 Å². The standard InChI is InChI=1S/C15H14F2N4O/c16-15(17)5-3-11(4-6-15)22-14-12-10(2-1-7-18)8-19-13(12)20-9-21-14/h1-2,8-9,11H,3-6H2,(H,19,20,21). The van der Waals surface area contributed by atoms with E-state index in [0.717, 1.165) is 5.56 Å². The van der Waals surface area contributed by atoms with Gasteiger partial charge in [-0.3, -0.25) is 0 Å². The summed E-state index contributed by atoms with van der Waals surface area (Å²) in [6.45, 7) is 0. The van der Waals surface area contributed by atoms with Gasteiger partial charge in [-0.1, -0.05) is 0 Å². The van der Waals surface area contributed by atoms with Crippen molar-refractivity contribution in [2.75, 3.05) is 0 Å². The lowest BCUT2D eigenvalue weighted by Crippen LogP contribution is -2.31. The van der Waals surface area contributed by atoms with Crippen molar-refractivity contribution in [2.24, 2.45) is 0 Å². The van der Waals surface area contributed by atoms with E-state index >= 15 is 0 Å². The van der Waals surface area contributed by atoms with Gasteiger partial charge in [0.25, 0.3) is 0 Å². The maximum Gasteiger partial charge on any atom is 0.248 e. The van der Waals surface area contributed by atoms with Gasteiger partial charge in [0.2, 0.25) is 11.8 Å². The fraction of sp³-hybridized carbons (Fsp3) is 0.400. The fourth-order valence-electron chi connectivity index (χ4n) is 2.59. The van der Waals surface area contributed by atoms with Crippen molar-refractivity contribution in [3.05, 3.63) is 24.2 Å². The Bertz CT molecular complexity index is 738. The van der Waals surface area contributed by atoms with E-state index in [1.165, 1.54) is 12.4 Å². The minimum absolute atomic E-state index is 0.166. The van der Waals surface area contributed by atoms with Crippen LogP contribution in [0.25, 0.3) is 17.1 Å². The van der Waals surface area contributed by atoms with Gasteiger partial charge in [-0.05, 0) is 18.9 Å². The first-order valence-electron chi connectivity index (χ1n) is 7.02. The monoisotopic (exact) mass is 304 g/mol. The Kier molecular flexibility index (Phi) is 3.75. The number of nitrogens with zero attached hydrogens (tertiary/aromatic N) is 3. The van der Waals surface area contributed by atoms with Gasteiger partial charge in [0, 0.05) is 30.7 Å². The molecule has 1 N–H and O–H groups in total. The van der Waals surface area contributed by atoms with Gasteiger partial charge in [-0.25, -0.2) is 18.7 Å². The van der Waals surface area contributed by atoms with Crippen LogP contribution in [-0.2, 0) is 0 Å². The molecule has 0 amide bonds. The third-order valence-corrected chi connectivity index (χ3v) is 3.75. The van der Waals surface area contributed by atoms with Crippen LogP contribution in [0.1, 0.15) is 31.2 Å². The molecule has 7 heteroatoms. The van der Waals surface area contributed by atoms with E-state index in [0.29, 0.717) is 29.8 Å². The van der Waals surface area contributed by atoms with Crippen molar-refractivity contribution in [1.29, 1.82) is 5.26 Å². The molecule has 2 heterocycles. The maximum atomic E-state index is 13.2. The number of fused-ring (bicyclic) bond motifs is 1. The Hall–Kier alpha value is -2.49. The van der Waals surface area contributed by atoms with Gasteiger partial charge in [0.1, 0.15) is 18.1 Å². The van der Waals surface area contributed by atoms with E-state index < -0.39 is 5.92 Å². The van der Waals surface area contributed by atoms with E-state index in [9.17, 15) is 8.78 Å². The number of rotatable bonds is 3. The molecule has 0 unspecified atom stereocenters. The third kappa shape index (κ3) is 2.91. The number of aromatic amines is 1. The van der Waals surface area contributed by atoms with Gasteiger partial charge < -0.3 is 9.72 Å². The zero-order valence-electron chi connectivity index (χ0n) is 11.7. The SMILES string of the molecule is N#CC=Cc1c[nH]c2ncnc(OC3CCC(F)(F)CC3)c12. The van der Waals surface area contributed by atoms with Crippen LogP contribution in [0.3, 0.4) is 0 Å². The Balaban J connectivity index is 1.86. The number of nitriles is 1. The molecule has 3 rings (SSSR count). The average Bonchev–Trinajstić information content (AvgIpc) is 2.91. The zero-order chi connectivity index (χ0) is 15.6. The average molecular weight is 304 g/mol. The molecule has 0 aromatic carbocycles. The predicted molar refractivity (Wildman–Crippen MR) is 76.4 cm³/mol. The molecule has 0 bridgehead atoms. The zero-order valence-corrected chi connectivity index (χ0v) is 11.7. The molecule has 1 aliphatic carbocycles. The highest BCUT2D eigenvalue weighted by molar-refractivity contribution is 5.90. The second-order valence-corrected chi connectivity index (χ2v) is 5.28. The molecule has 2 aromatic rings. The summed E-state index contributed by atoms with van der Waals surface area (Å²) in [4.78, 5) is 11.2. The predicted octanol–water partition coefficient (Wildman–Crippen LogP) is 3.45. The van der Waals surface area contributed by atoms with Crippen LogP contribution >= 0.6 is 0 Å². The second kappa shape index (κ2) is 5.72. The normalized spacial score (nSPS) is 18.6. The number of alkyl halides is 2. The molecule has 114 valence electrons. The van der Waals surface area contributed by atoms with Crippen molar-refractivity contribution < 1.29 is 13.5 Å². The summed E-state index contributed by atoms with van der Waals surface area (Å²) in [5.74, 6) is -2.23. The number of hydrogen-bond donors (Lipinski definition) is 1. The van der Waals surface area contributed by atoms with Crippen LogP contribution < -0.4 is 4.74 Å². The lowest BCUT2D eigenvalue weighted by atomic mass is 9.94. The van der Waals surface area contributed by atoms with Crippen LogP contribution in [0.4, 0.5) is 8.78 Å². The van der Waals surface area contributed by atoms with Crippen LogP contribution in [-0.4, -0.2) is 27.0 Å².